The van der Waals surface area contributed by atoms with Crippen molar-refractivity contribution in [2.75, 3.05) is 19.0 Å². The molecule has 1 atom stereocenters. The summed E-state index contributed by atoms with van der Waals surface area (Å²) in [6.45, 7) is 4.43. The maximum atomic E-state index is 13.2. The molecule has 8 heteroatoms. The Hall–Kier alpha value is -3.26. The summed E-state index contributed by atoms with van der Waals surface area (Å²) in [5.74, 6) is 1.81. The van der Waals surface area contributed by atoms with Crippen molar-refractivity contribution in [2.24, 2.45) is 7.05 Å². The highest BCUT2D eigenvalue weighted by Gasteiger charge is 2.32. The van der Waals surface area contributed by atoms with Gasteiger partial charge in [0.05, 0.1) is 19.3 Å². The molecule has 172 valence electrons. The van der Waals surface area contributed by atoms with Crippen molar-refractivity contribution in [3.8, 4) is 11.5 Å². The average molecular weight is 466 g/mol. The Morgan fingerprint density at radius 2 is 1.97 bits per heavy atom. The van der Waals surface area contributed by atoms with Crippen molar-refractivity contribution in [1.82, 2.24) is 9.55 Å². The molecule has 1 N–H and O–H groups in total. The van der Waals surface area contributed by atoms with Crippen molar-refractivity contribution >= 4 is 23.5 Å². The Morgan fingerprint density at radius 1 is 1.18 bits per heavy atom. The van der Waals surface area contributed by atoms with Crippen LogP contribution in [0.5, 0.6) is 11.5 Å². The minimum absolute atomic E-state index is 0.141. The summed E-state index contributed by atoms with van der Waals surface area (Å²) in [7, 11) is 3.41. The van der Waals surface area contributed by atoms with E-state index >= 15 is 0 Å². The number of aryl methyl sites for hydroxylation is 1. The van der Waals surface area contributed by atoms with E-state index in [1.54, 1.807) is 17.7 Å². The van der Waals surface area contributed by atoms with E-state index < -0.39 is 5.92 Å². The van der Waals surface area contributed by atoms with Crippen LogP contribution in [-0.2, 0) is 17.6 Å². The molecule has 0 fully saturated rings. The van der Waals surface area contributed by atoms with E-state index in [0.29, 0.717) is 40.4 Å². The molecule has 1 amide bonds. The standard InChI is InChI=1S/C25H27N3O4S/c1-5-32-20-12-16(10-11-19(20)31-4)18-13-21(29)26-23-22(18)24(30)27-25(28(23)3)33-14-17-9-7-6-8-15(17)2/h6-12,18H,5,13-14H2,1-4H3,(H,26,29). The van der Waals surface area contributed by atoms with Crippen LogP contribution < -0.4 is 20.3 Å². The largest absolute Gasteiger partial charge is 0.493 e. The molecule has 0 saturated carbocycles. The molecule has 0 bridgehead atoms. The second kappa shape index (κ2) is 9.70. The van der Waals surface area contributed by atoms with E-state index in [1.807, 2.05) is 38.2 Å². The molecule has 1 aromatic heterocycles. The Labute approximate surface area is 197 Å². The van der Waals surface area contributed by atoms with Crippen LogP contribution in [0.3, 0.4) is 0 Å². The Kier molecular flexibility index (Phi) is 6.74. The number of methoxy groups -OCH3 is 1. The second-order valence-corrected chi connectivity index (χ2v) is 8.83. The van der Waals surface area contributed by atoms with Crippen molar-refractivity contribution in [3.05, 3.63) is 75.1 Å². The zero-order valence-corrected chi connectivity index (χ0v) is 20.0. The number of hydrogen-bond acceptors (Lipinski definition) is 6. The molecular formula is C25H27N3O4S. The molecule has 1 unspecified atom stereocenters. The molecule has 2 heterocycles. The third-order valence-corrected chi connectivity index (χ3v) is 6.89. The van der Waals surface area contributed by atoms with Gasteiger partial charge in [0.25, 0.3) is 5.56 Å². The quantitative estimate of drug-likeness (QED) is 0.415. The molecule has 0 saturated heterocycles. The lowest BCUT2D eigenvalue weighted by atomic mass is 9.86. The van der Waals surface area contributed by atoms with Gasteiger partial charge in [-0.05, 0) is 42.7 Å². The molecule has 0 radical (unpaired) electrons. The Balaban J connectivity index is 1.73. The van der Waals surface area contributed by atoms with Gasteiger partial charge in [-0.1, -0.05) is 42.1 Å². The lowest BCUT2D eigenvalue weighted by Gasteiger charge is -2.28. The number of carbonyl (C=O) groups excluding carboxylic acids is 1. The molecule has 33 heavy (non-hydrogen) atoms. The fourth-order valence-corrected chi connectivity index (χ4v) is 5.08. The molecule has 3 aromatic rings. The molecule has 7 nitrogen and oxygen atoms in total. The van der Waals surface area contributed by atoms with E-state index in [-0.39, 0.29) is 17.9 Å². The third-order valence-electron chi connectivity index (χ3n) is 5.81. The number of aromatic nitrogens is 2. The Bertz CT molecular complexity index is 1250. The summed E-state index contributed by atoms with van der Waals surface area (Å²) in [5, 5.41) is 3.46. The molecule has 2 aromatic carbocycles. The van der Waals surface area contributed by atoms with Crippen molar-refractivity contribution < 1.29 is 14.3 Å². The molecule has 1 aliphatic rings. The van der Waals surface area contributed by atoms with Crippen LogP contribution in [0, 0.1) is 6.92 Å². The smallest absolute Gasteiger partial charge is 0.279 e. The molecular weight excluding hydrogens is 438 g/mol. The van der Waals surface area contributed by atoms with Gasteiger partial charge in [-0.15, -0.1) is 0 Å². The van der Waals surface area contributed by atoms with Gasteiger partial charge in [-0.2, -0.15) is 4.98 Å². The maximum absolute atomic E-state index is 13.2. The fraction of sp³-hybridized carbons (Fsp3) is 0.320. The normalized spacial score (nSPS) is 15.0. The molecule has 0 spiro atoms. The van der Waals surface area contributed by atoms with E-state index in [4.69, 9.17) is 9.47 Å². The van der Waals surface area contributed by atoms with E-state index in [1.165, 1.54) is 22.9 Å². The number of anilines is 1. The van der Waals surface area contributed by atoms with Gasteiger partial charge in [-0.3, -0.25) is 9.59 Å². The number of nitrogens with zero attached hydrogens (tertiary/aromatic N) is 2. The van der Waals surface area contributed by atoms with Crippen LogP contribution >= 0.6 is 11.8 Å². The number of thioether (sulfide) groups is 1. The first kappa shape index (κ1) is 22.9. The molecule has 0 aliphatic carbocycles. The first-order valence-electron chi connectivity index (χ1n) is 10.8. The third kappa shape index (κ3) is 4.61. The van der Waals surface area contributed by atoms with Crippen LogP contribution in [0.2, 0.25) is 0 Å². The van der Waals surface area contributed by atoms with Crippen molar-refractivity contribution in [2.45, 2.75) is 37.1 Å². The number of rotatable bonds is 7. The van der Waals surface area contributed by atoms with Crippen molar-refractivity contribution in [3.63, 3.8) is 0 Å². The number of ether oxygens (including phenoxy) is 2. The molecule has 1 aliphatic heterocycles. The van der Waals surface area contributed by atoms with Crippen LogP contribution in [0.15, 0.2) is 52.4 Å². The van der Waals surface area contributed by atoms with Crippen molar-refractivity contribution in [1.29, 1.82) is 0 Å². The fourth-order valence-electron chi connectivity index (χ4n) is 4.04. The molecule has 4 rings (SSSR count). The number of carbonyl (C=O) groups is 1. The first-order chi connectivity index (χ1) is 15.9. The number of fused-ring (bicyclic) bond motifs is 1. The highest BCUT2D eigenvalue weighted by molar-refractivity contribution is 7.98. The van der Waals surface area contributed by atoms with Crippen LogP contribution in [-0.4, -0.2) is 29.2 Å². The SMILES string of the molecule is CCOc1cc(C2CC(=O)Nc3c2c(=O)nc(SCc2ccccc2C)n3C)ccc1OC. The van der Waals surface area contributed by atoms with Gasteiger partial charge >= 0.3 is 0 Å². The summed E-state index contributed by atoms with van der Waals surface area (Å²) < 4.78 is 12.9. The van der Waals surface area contributed by atoms with Gasteiger partial charge in [0, 0.05) is 25.1 Å². The first-order valence-corrected chi connectivity index (χ1v) is 11.8. The summed E-state index contributed by atoms with van der Waals surface area (Å²) in [4.78, 5) is 30.2. The second-order valence-electron chi connectivity index (χ2n) is 7.88. The van der Waals surface area contributed by atoms with Crippen LogP contribution in [0.25, 0.3) is 0 Å². The summed E-state index contributed by atoms with van der Waals surface area (Å²) in [6, 6.07) is 13.6. The minimum Gasteiger partial charge on any atom is -0.493 e. The average Bonchev–Trinajstić information content (AvgIpc) is 2.81. The number of nitrogens with one attached hydrogen (secondary N) is 1. The Morgan fingerprint density at radius 3 is 2.70 bits per heavy atom. The van der Waals surface area contributed by atoms with Gasteiger partial charge < -0.3 is 19.4 Å². The monoisotopic (exact) mass is 465 g/mol. The summed E-state index contributed by atoms with van der Waals surface area (Å²) in [6.07, 6.45) is 0.164. The number of hydrogen-bond donors (Lipinski definition) is 1. The van der Waals surface area contributed by atoms with Crippen LogP contribution in [0.4, 0.5) is 5.82 Å². The predicted molar refractivity (Wildman–Crippen MR) is 129 cm³/mol. The topological polar surface area (TPSA) is 82.5 Å². The van der Waals surface area contributed by atoms with Gasteiger partial charge in [0.1, 0.15) is 5.82 Å². The number of amides is 1. The zero-order chi connectivity index (χ0) is 23.5. The van der Waals surface area contributed by atoms with Gasteiger partial charge in [0.2, 0.25) is 5.91 Å². The lowest BCUT2D eigenvalue weighted by Crippen LogP contribution is -2.33. The maximum Gasteiger partial charge on any atom is 0.279 e. The highest BCUT2D eigenvalue weighted by Crippen LogP contribution is 2.39. The summed E-state index contributed by atoms with van der Waals surface area (Å²) >= 11 is 1.48. The van der Waals surface area contributed by atoms with E-state index in [9.17, 15) is 9.59 Å². The number of benzene rings is 2. The summed E-state index contributed by atoms with van der Waals surface area (Å²) in [5.41, 5.74) is 3.35. The van der Waals surface area contributed by atoms with Gasteiger partial charge in [-0.25, -0.2) is 0 Å². The predicted octanol–water partition coefficient (Wildman–Crippen LogP) is 4.26. The van der Waals surface area contributed by atoms with Gasteiger partial charge in [0.15, 0.2) is 16.7 Å². The minimum atomic E-state index is -0.416. The zero-order valence-electron chi connectivity index (χ0n) is 19.2. The highest BCUT2D eigenvalue weighted by atomic mass is 32.2. The van der Waals surface area contributed by atoms with Crippen LogP contribution in [0.1, 0.15) is 41.5 Å². The van der Waals surface area contributed by atoms with E-state index in [2.05, 4.69) is 29.4 Å². The lowest BCUT2D eigenvalue weighted by molar-refractivity contribution is -0.116. The van der Waals surface area contributed by atoms with E-state index in [0.717, 1.165) is 5.56 Å².